The summed E-state index contributed by atoms with van der Waals surface area (Å²) in [7, 11) is 6.40. The van der Waals surface area contributed by atoms with E-state index in [0.717, 1.165) is 16.8 Å². The number of carbonyl (C=O) groups is 1. The SMILES string of the molecule is CCOC(=O)C1=CSC2=NC(/C=C/c3ccc(OC)c(OC)c3)=CC(c3ccc(OC)c(OC)c3)N12. The highest BCUT2D eigenvalue weighted by Crippen LogP contribution is 2.42. The molecule has 0 bridgehead atoms. The molecule has 2 aliphatic heterocycles. The number of esters is 1. The molecule has 0 saturated heterocycles. The van der Waals surface area contributed by atoms with Crippen LogP contribution in [0.4, 0.5) is 0 Å². The number of rotatable bonds is 9. The van der Waals surface area contributed by atoms with Gasteiger partial charge in [-0.3, -0.25) is 0 Å². The van der Waals surface area contributed by atoms with Crippen molar-refractivity contribution in [1.29, 1.82) is 0 Å². The van der Waals surface area contributed by atoms with Crippen LogP contribution in [0.2, 0.25) is 0 Å². The van der Waals surface area contributed by atoms with Crippen molar-refractivity contribution in [2.24, 2.45) is 4.99 Å². The lowest BCUT2D eigenvalue weighted by Crippen LogP contribution is -2.34. The van der Waals surface area contributed by atoms with Gasteiger partial charge in [0.05, 0.1) is 46.8 Å². The highest BCUT2D eigenvalue weighted by atomic mass is 32.2. The molecule has 188 valence electrons. The molecular formula is C27H28N2O6S. The predicted octanol–water partition coefficient (Wildman–Crippen LogP) is 5.18. The predicted molar refractivity (Wildman–Crippen MR) is 141 cm³/mol. The maximum atomic E-state index is 12.7. The minimum absolute atomic E-state index is 0.289. The average Bonchev–Trinajstić information content (AvgIpc) is 3.35. The van der Waals surface area contributed by atoms with Crippen LogP contribution in [0, 0.1) is 0 Å². The first-order valence-corrected chi connectivity index (χ1v) is 12.2. The minimum Gasteiger partial charge on any atom is -0.493 e. The summed E-state index contributed by atoms with van der Waals surface area (Å²) in [6, 6.07) is 11.1. The highest BCUT2D eigenvalue weighted by molar-refractivity contribution is 8.16. The van der Waals surface area contributed by atoms with Crippen LogP contribution in [0.25, 0.3) is 6.08 Å². The van der Waals surface area contributed by atoms with E-state index in [0.29, 0.717) is 33.9 Å². The van der Waals surface area contributed by atoms with Crippen LogP contribution in [0.1, 0.15) is 24.1 Å². The summed E-state index contributed by atoms with van der Waals surface area (Å²) >= 11 is 1.39. The second-order valence-electron chi connectivity index (χ2n) is 7.70. The van der Waals surface area contributed by atoms with Gasteiger partial charge in [-0.25, -0.2) is 9.79 Å². The van der Waals surface area contributed by atoms with Crippen molar-refractivity contribution in [3.8, 4) is 23.0 Å². The number of carbonyl (C=O) groups excluding carboxylic acids is 1. The molecule has 0 aliphatic carbocycles. The van der Waals surface area contributed by atoms with Gasteiger partial charge in [-0.15, -0.1) is 0 Å². The minimum atomic E-state index is -0.390. The molecule has 0 N–H and O–H groups in total. The van der Waals surface area contributed by atoms with Crippen molar-refractivity contribution in [3.63, 3.8) is 0 Å². The first kappa shape index (κ1) is 25.2. The highest BCUT2D eigenvalue weighted by Gasteiger charge is 2.37. The van der Waals surface area contributed by atoms with Crippen molar-refractivity contribution in [2.75, 3.05) is 35.0 Å². The van der Waals surface area contributed by atoms with Gasteiger partial charge in [-0.1, -0.05) is 30.0 Å². The van der Waals surface area contributed by atoms with E-state index in [4.69, 9.17) is 28.7 Å². The number of aliphatic imine (C=N–C) groups is 1. The number of ether oxygens (including phenoxy) is 5. The second-order valence-corrected chi connectivity index (χ2v) is 8.54. The number of hydrogen-bond donors (Lipinski definition) is 0. The van der Waals surface area contributed by atoms with Crippen molar-refractivity contribution in [3.05, 3.63) is 76.5 Å². The Morgan fingerprint density at radius 1 is 0.944 bits per heavy atom. The lowest BCUT2D eigenvalue weighted by molar-refractivity contribution is -0.139. The van der Waals surface area contributed by atoms with Gasteiger partial charge >= 0.3 is 5.97 Å². The van der Waals surface area contributed by atoms with E-state index in [9.17, 15) is 4.79 Å². The van der Waals surface area contributed by atoms with Crippen molar-refractivity contribution in [1.82, 2.24) is 4.90 Å². The monoisotopic (exact) mass is 508 g/mol. The van der Waals surface area contributed by atoms with E-state index in [1.165, 1.54) is 11.8 Å². The molecule has 2 heterocycles. The lowest BCUT2D eigenvalue weighted by atomic mass is 10.0. The molecular weight excluding hydrogens is 480 g/mol. The summed E-state index contributed by atoms with van der Waals surface area (Å²) in [6.45, 7) is 2.08. The number of fused-ring (bicyclic) bond motifs is 1. The van der Waals surface area contributed by atoms with Crippen LogP contribution >= 0.6 is 11.8 Å². The Labute approximate surface area is 214 Å². The first-order chi connectivity index (χ1) is 17.5. The van der Waals surface area contributed by atoms with Crippen LogP contribution in [0.5, 0.6) is 23.0 Å². The molecule has 36 heavy (non-hydrogen) atoms. The lowest BCUT2D eigenvalue weighted by Gasteiger charge is -2.32. The van der Waals surface area contributed by atoms with Crippen LogP contribution in [0.15, 0.2) is 70.3 Å². The van der Waals surface area contributed by atoms with Crippen LogP contribution < -0.4 is 18.9 Å². The zero-order chi connectivity index (χ0) is 25.7. The number of benzene rings is 2. The molecule has 1 unspecified atom stereocenters. The molecule has 2 aromatic carbocycles. The van der Waals surface area contributed by atoms with Crippen molar-refractivity contribution in [2.45, 2.75) is 13.0 Å². The molecule has 2 aromatic rings. The Bertz CT molecular complexity index is 1270. The van der Waals surface area contributed by atoms with E-state index in [-0.39, 0.29) is 12.6 Å². The maximum absolute atomic E-state index is 12.7. The summed E-state index contributed by atoms with van der Waals surface area (Å²) in [5.74, 6) is 2.14. The molecule has 9 heteroatoms. The number of allylic oxidation sites excluding steroid dienone is 1. The van der Waals surface area contributed by atoms with Gasteiger partial charge in [-0.2, -0.15) is 0 Å². The van der Waals surface area contributed by atoms with E-state index in [2.05, 4.69) is 0 Å². The van der Waals surface area contributed by atoms with Crippen molar-refractivity contribution < 1.29 is 28.5 Å². The number of methoxy groups -OCH3 is 4. The van der Waals surface area contributed by atoms with Gasteiger partial charge in [0.1, 0.15) is 5.70 Å². The van der Waals surface area contributed by atoms with E-state index >= 15 is 0 Å². The molecule has 0 amide bonds. The fraction of sp³-hybridized carbons (Fsp3) is 0.259. The molecule has 8 nitrogen and oxygen atoms in total. The second kappa shape index (κ2) is 11.3. The number of thioether (sulfide) groups is 1. The Kier molecular flexibility index (Phi) is 7.90. The molecule has 4 rings (SSSR count). The summed E-state index contributed by atoms with van der Waals surface area (Å²) in [5, 5.41) is 2.46. The normalized spacial score (nSPS) is 16.6. The quantitative estimate of drug-likeness (QED) is 0.429. The fourth-order valence-corrected chi connectivity index (χ4v) is 4.83. The van der Waals surface area contributed by atoms with E-state index < -0.39 is 5.97 Å². The standard InChI is InChI=1S/C27H28N2O6S/c1-6-35-26(30)21-16-36-27-28-19(10-7-17-8-11-22(31-2)24(13-17)33-4)15-20(29(21)27)18-9-12-23(32-3)25(14-18)34-5/h7-16,20H,6H2,1-5H3/b10-7+. The van der Waals surface area contributed by atoms with Gasteiger partial charge in [0, 0.05) is 5.41 Å². The smallest absolute Gasteiger partial charge is 0.355 e. The largest absolute Gasteiger partial charge is 0.493 e. The molecule has 0 aromatic heterocycles. The van der Waals surface area contributed by atoms with Crippen LogP contribution in [-0.4, -0.2) is 51.1 Å². The van der Waals surface area contributed by atoms with Crippen LogP contribution in [-0.2, 0) is 9.53 Å². The summed E-state index contributed by atoms with van der Waals surface area (Å²) in [4.78, 5) is 19.4. The Balaban J connectivity index is 1.72. The third kappa shape index (κ3) is 5.06. The van der Waals surface area contributed by atoms with Gasteiger partial charge in [0.15, 0.2) is 28.2 Å². The maximum Gasteiger partial charge on any atom is 0.355 e. The molecule has 2 aliphatic rings. The molecule has 0 radical (unpaired) electrons. The summed E-state index contributed by atoms with van der Waals surface area (Å²) in [5.41, 5.74) is 3.04. The van der Waals surface area contributed by atoms with Gasteiger partial charge in [0.25, 0.3) is 0 Å². The summed E-state index contributed by atoms with van der Waals surface area (Å²) in [6.07, 6.45) is 5.89. The number of amidine groups is 1. The Morgan fingerprint density at radius 2 is 1.61 bits per heavy atom. The zero-order valence-electron chi connectivity index (χ0n) is 20.8. The van der Waals surface area contributed by atoms with Gasteiger partial charge < -0.3 is 28.6 Å². The van der Waals surface area contributed by atoms with Crippen LogP contribution in [0.3, 0.4) is 0 Å². The third-order valence-electron chi connectivity index (χ3n) is 5.66. The molecule has 0 spiro atoms. The first-order valence-electron chi connectivity index (χ1n) is 11.3. The average molecular weight is 509 g/mol. The van der Waals surface area contributed by atoms with E-state index in [1.807, 2.05) is 59.5 Å². The molecule has 0 fully saturated rings. The molecule has 1 atom stereocenters. The van der Waals surface area contributed by atoms with Gasteiger partial charge in [0.2, 0.25) is 0 Å². The number of hydrogen-bond acceptors (Lipinski definition) is 9. The topological polar surface area (TPSA) is 78.8 Å². The third-order valence-corrected chi connectivity index (χ3v) is 6.50. The van der Waals surface area contributed by atoms with Gasteiger partial charge in [-0.05, 0) is 54.5 Å². The zero-order valence-corrected chi connectivity index (χ0v) is 21.6. The Morgan fingerprint density at radius 3 is 2.28 bits per heavy atom. The summed E-state index contributed by atoms with van der Waals surface area (Å²) < 4.78 is 27.0. The Hall–Kier alpha value is -3.85. The molecule has 0 saturated carbocycles. The van der Waals surface area contributed by atoms with Crippen molar-refractivity contribution >= 4 is 29.0 Å². The fourth-order valence-electron chi connectivity index (χ4n) is 3.92. The van der Waals surface area contributed by atoms with E-state index in [1.54, 1.807) is 40.8 Å². The number of nitrogens with zero attached hydrogens (tertiary/aromatic N) is 2.